The maximum absolute atomic E-state index is 11.1. The summed E-state index contributed by atoms with van der Waals surface area (Å²) >= 11 is 0. The van der Waals surface area contributed by atoms with Crippen molar-refractivity contribution in [3.63, 3.8) is 0 Å². The van der Waals surface area contributed by atoms with Gasteiger partial charge in [-0.05, 0) is 49.2 Å². The van der Waals surface area contributed by atoms with Crippen molar-refractivity contribution in [3.8, 4) is 0 Å². The highest BCUT2D eigenvalue weighted by molar-refractivity contribution is 5.83. The normalized spacial score (nSPS) is 19.1. The predicted octanol–water partition coefficient (Wildman–Crippen LogP) is 4.43. The molecule has 1 N–H and O–H groups in total. The zero-order valence-corrected chi connectivity index (χ0v) is 14.4. The Labute approximate surface area is 140 Å². The standard InChI is InChI=1S/C21H29NO/c1-22(2)15-20(21(23)17-9-4-3-5-10-17)19-13-12-16-8-6-7-11-18(16)14-19/h6-8,11-14,17,20-21,23H,3-5,9-10,15H2,1-2H3/t20-,21?/m0/s1. The minimum atomic E-state index is -0.237. The lowest BCUT2D eigenvalue weighted by Gasteiger charge is -2.34. The second kappa shape index (κ2) is 7.46. The number of aliphatic hydroxyl groups excluding tert-OH is 1. The molecule has 2 atom stereocenters. The first-order valence-corrected chi connectivity index (χ1v) is 8.96. The van der Waals surface area contributed by atoms with Gasteiger partial charge in [0, 0.05) is 12.5 Å². The van der Waals surface area contributed by atoms with Crippen molar-refractivity contribution in [2.45, 2.75) is 44.1 Å². The first-order valence-electron chi connectivity index (χ1n) is 8.96. The van der Waals surface area contributed by atoms with Crippen molar-refractivity contribution in [2.24, 2.45) is 5.92 Å². The van der Waals surface area contributed by atoms with Crippen LogP contribution in [0.3, 0.4) is 0 Å². The van der Waals surface area contributed by atoms with E-state index in [1.165, 1.54) is 48.4 Å². The number of hydrogen-bond acceptors (Lipinski definition) is 2. The number of hydrogen-bond donors (Lipinski definition) is 1. The molecule has 2 nitrogen and oxygen atoms in total. The molecular formula is C21H29NO. The molecule has 23 heavy (non-hydrogen) atoms. The molecule has 0 amide bonds. The van der Waals surface area contributed by atoms with Gasteiger partial charge in [0.05, 0.1) is 6.10 Å². The van der Waals surface area contributed by atoms with Gasteiger partial charge in [0.25, 0.3) is 0 Å². The molecule has 0 aromatic heterocycles. The summed E-state index contributed by atoms with van der Waals surface area (Å²) in [5.74, 6) is 0.651. The summed E-state index contributed by atoms with van der Waals surface area (Å²) in [7, 11) is 4.20. The molecule has 2 heteroatoms. The van der Waals surface area contributed by atoms with E-state index in [2.05, 4.69) is 61.5 Å². The van der Waals surface area contributed by atoms with E-state index in [-0.39, 0.29) is 12.0 Å². The molecule has 1 aliphatic rings. The van der Waals surface area contributed by atoms with E-state index in [1.807, 2.05) is 0 Å². The van der Waals surface area contributed by atoms with E-state index in [1.54, 1.807) is 0 Å². The Hall–Kier alpha value is -1.38. The Morgan fingerprint density at radius 2 is 1.70 bits per heavy atom. The van der Waals surface area contributed by atoms with Crippen LogP contribution in [0.1, 0.15) is 43.6 Å². The van der Waals surface area contributed by atoms with Crippen LogP contribution in [0.15, 0.2) is 42.5 Å². The van der Waals surface area contributed by atoms with Crippen molar-refractivity contribution in [1.29, 1.82) is 0 Å². The van der Waals surface area contributed by atoms with Gasteiger partial charge in [-0.1, -0.05) is 61.7 Å². The van der Waals surface area contributed by atoms with Crippen LogP contribution >= 0.6 is 0 Å². The Morgan fingerprint density at radius 3 is 2.39 bits per heavy atom. The first-order chi connectivity index (χ1) is 11.1. The Kier molecular flexibility index (Phi) is 5.34. The highest BCUT2D eigenvalue weighted by Crippen LogP contribution is 2.34. The molecule has 0 aliphatic heterocycles. The molecule has 1 saturated carbocycles. The van der Waals surface area contributed by atoms with E-state index in [4.69, 9.17) is 0 Å². The topological polar surface area (TPSA) is 23.5 Å². The van der Waals surface area contributed by atoms with E-state index >= 15 is 0 Å². The van der Waals surface area contributed by atoms with Crippen LogP contribution in [0, 0.1) is 5.92 Å². The monoisotopic (exact) mass is 311 g/mol. The number of fused-ring (bicyclic) bond motifs is 1. The zero-order valence-electron chi connectivity index (χ0n) is 14.4. The lowest BCUT2D eigenvalue weighted by Crippen LogP contribution is -2.35. The van der Waals surface area contributed by atoms with Crippen LogP contribution in [0.4, 0.5) is 0 Å². The summed E-state index contributed by atoms with van der Waals surface area (Å²) in [6, 6.07) is 15.2. The van der Waals surface area contributed by atoms with Gasteiger partial charge in [0.1, 0.15) is 0 Å². The van der Waals surface area contributed by atoms with Crippen LogP contribution in [-0.4, -0.2) is 36.8 Å². The Balaban J connectivity index is 1.89. The molecule has 0 bridgehead atoms. The smallest absolute Gasteiger partial charge is 0.0649 e. The van der Waals surface area contributed by atoms with E-state index < -0.39 is 0 Å². The zero-order chi connectivity index (χ0) is 16.2. The molecular weight excluding hydrogens is 282 g/mol. The lowest BCUT2D eigenvalue weighted by atomic mass is 9.78. The average molecular weight is 311 g/mol. The van der Waals surface area contributed by atoms with Crippen LogP contribution in [0.5, 0.6) is 0 Å². The molecule has 1 aliphatic carbocycles. The minimum Gasteiger partial charge on any atom is -0.392 e. The number of likely N-dealkylation sites (N-methyl/N-ethyl adjacent to an activating group) is 1. The van der Waals surface area contributed by atoms with Gasteiger partial charge < -0.3 is 10.0 Å². The van der Waals surface area contributed by atoms with E-state index in [0.29, 0.717) is 5.92 Å². The Morgan fingerprint density at radius 1 is 1.00 bits per heavy atom. The van der Waals surface area contributed by atoms with Gasteiger partial charge in [0.2, 0.25) is 0 Å². The molecule has 2 aromatic carbocycles. The summed E-state index contributed by atoms with van der Waals surface area (Å²) < 4.78 is 0. The van der Waals surface area contributed by atoms with Crippen LogP contribution in [0.25, 0.3) is 10.8 Å². The SMILES string of the molecule is CN(C)C[C@@H](c1ccc2ccccc2c1)C(O)C1CCCCC1. The summed E-state index contributed by atoms with van der Waals surface area (Å²) in [5.41, 5.74) is 1.27. The lowest BCUT2D eigenvalue weighted by molar-refractivity contribution is 0.0520. The summed E-state index contributed by atoms with van der Waals surface area (Å²) in [5, 5.41) is 13.6. The highest BCUT2D eigenvalue weighted by atomic mass is 16.3. The van der Waals surface area contributed by atoms with Gasteiger partial charge in [-0.3, -0.25) is 0 Å². The van der Waals surface area contributed by atoms with Gasteiger partial charge in [-0.2, -0.15) is 0 Å². The fourth-order valence-corrected chi connectivity index (χ4v) is 4.05. The van der Waals surface area contributed by atoms with Gasteiger partial charge in [-0.15, -0.1) is 0 Å². The van der Waals surface area contributed by atoms with Crippen molar-refractivity contribution < 1.29 is 5.11 Å². The fraction of sp³-hybridized carbons (Fsp3) is 0.524. The molecule has 0 heterocycles. The van der Waals surface area contributed by atoms with Crippen molar-refractivity contribution >= 4 is 10.8 Å². The second-order valence-electron chi connectivity index (χ2n) is 7.36. The molecule has 124 valence electrons. The molecule has 2 aromatic rings. The van der Waals surface area contributed by atoms with Gasteiger partial charge in [-0.25, -0.2) is 0 Å². The third kappa shape index (κ3) is 3.94. The second-order valence-corrected chi connectivity index (χ2v) is 7.36. The third-order valence-electron chi connectivity index (χ3n) is 5.31. The Bertz CT molecular complexity index is 631. The summed E-state index contributed by atoms with van der Waals surface area (Å²) in [4.78, 5) is 2.20. The predicted molar refractivity (Wildman–Crippen MR) is 97.8 cm³/mol. The average Bonchev–Trinajstić information content (AvgIpc) is 2.59. The van der Waals surface area contributed by atoms with Crippen molar-refractivity contribution in [2.75, 3.05) is 20.6 Å². The van der Waals surface area contributed by atoms with E-state index in [0.717, 1.165) is 6.54 Å². The van der Waals surface area contributed by atoms with Gasteiger partial charge in [0.15, 0.2) is 0 Å². The number of nitrogens with zero attached hydrogens (tertiary/aromatic N) is 1. The molecule has 1 unspecified atom stereocenters. The highest BCUT2D eigenvalue weighted by Gasteiger charge is 2.30. The number of benzene rings is 2. The van der Waals surface area contributed by atoms with Crippen LogP contribution in [0.2, 0.25) is 0 Å². The maximum Gasteiger partial charge on any atom is 0.0649 e. The number of rotatable bonds is 5. The van der Waals surface area contributed by atoms with Crippen molar-refractivity contribution in [3.05, 3.63) is 48.0 Å². The fourth-order valence-electron chi connectivity index (χ4n) is 4.05. The summed E-state index contributed by atoms with van der Waals surface area (Å²) in [6.45, 7) is 0.899. The van der Waals surface area contributed by atoms with Crippen molar-refractivity contribution in [1.82, 2.24) is 4.90 Å². The van der Waals surface area contributed by atoms with E-state index in [9.17, 15) is 5.11 Å². The quantitative estimate of drug-likeness (QED) is 0.883. The number of aliphatic hydroxyl groups is 1. The van der Waals surface area contributed by atoms with Crippen LogP contribution in [-0.2, 0) is 0 Å². The first kappa shape index (κ1) is 16.5. The minimum absolute atomic E-state index is 0.192. The van der Waals surface area contributed by atoms with Crippen LogP contribution < -0.4 is 0 Å². The largest absolute Gasteiger partial charge is 0.392 e. The van der Waals surface area contributed by atoms with Gasteiger partial charge >= 0.3 is 0 Å². The third-order valence-corrected chi connectivity index (χ3v) is 5.31. The molecule has 3 rings (SSSR count). The molecule has 0 radical (unpaired) electrons. The molecule has 0 saturated heterocycles. The summed E-state index contributed by atoms with van der Waals surface area (Å²) in [6.07, 6.45) is 6.00. The maximum atomic E-state index is 11.1. The molecule has 0 spiro atoms. The molecule has 1 fully saturated rings.